The van der Waals surface area contributed by atoms with Crippen LogP contribution in [0.4, 0.5) is 0 Å². The number of nitrogens with zero attached hydrogens (tertiary/aromatic N) is 4. The number of hydrogen-bond donors (Lipinski definition) is 1. The molecule has 1 aromatic carbocycles. The van der Waals surface area contributed by atoms with Gasteiger partial charge in [0.1, 0.15) is 5.75 Å². The predicted molar refractivity (Wildman–Crippen MR) is 78.1 cm³/mol. The molecule has 1 aromatic heterocycles. The van der Waals surface area contributed by atoms with Crippen LogP contribution in [0.3, 0.4) is 0 Å². The molecule has 0 saturated heterocycles. The van der Waals surface area contributed by atoms with Crippen molar-refractivity contribution in [2.45, 2.75) is 19.5 Å². The molecule has 0 spiro atoms. The Hall–Kier alpha value is -1.99. The molecule has 0 bridgehead atoms. The minimum absolute atomic E-state index is 0.627. The number of hydrogen-bond acceptors (Lipinski definition) is 6. The molecule has 0 amide bonds. The van der Waals surface area contributed by atoms with Crippen molar-refractivity contribution in [1.29, 1.82) is 0 Å². The van der Waals surface area contributed by atoms with Crippen LogP contribution in [0.2, 0.25) is 0 Å². The van der Waals surface area contributed by atoms with E-state index in [1.807, 2.05) is 22.9 Å². The van der Waals surface area contributed by atoms with Gasteiger partial charge >= 0.3 is 0 Å². The largest absolute Gasteiger partial charge is 0.496 e. The zero-order valence-electron chi connectivity index (χ0n) is 12.5. The number of nitrogens with one attached hydrogen (secondary N) is 1. The Balaban J connectivity index is 1.90. The Morgan fingerprint density at radius 1 is 1.24 bits per heavy atom. The first-order valence-electron chi connectivity index (χ1n) is 6.91. The molecule has 0 atom stereocenters. The quantitative estimate of drug-likeness (QED) is 0.684. The van der Waals surface area contributed by atoms with Gasteiger partial charge in [-0.25, -0.2) is 4.68 Å². The Morgan fingerprint density at radius 3 is 2.90 bits per heavy atom. The Morgan fingerprint density at radius 2 is 2.10 bits per heavy atom. The fourth-order valence-corrected chi connectivity index (χ4v) is 2.03. The van der Waals surface area contributed by atoms with E-state index < -0.39 is 0 Å². The lowest BCUT2D eigenvalue weighted by molar-refractivity contribution is 0.198. The topological polar surface area (TPSA) is 74.1 Å². The fourth-order valence-electron chi connectivity index (χ4n) is 2.03. The summed E-state index contributed by atoms with van der Waals surface area (Å²) in [7, 11) is 3.36. The molecule has 2 rings (SSSR count). The van der Waals surface area contributed by atoms with Crippen molar-refractivity contribution in [3.63, 3.8) is 0 Å². The monoisotopic (exact) mass is 291 g/mol. The summed E-state index contributed by atoms with van der Waals surface area (Å²) in [5, 5.41) is 15.0. The molecule has 0 fully saturated rings. The molecular weight excluding hydrogens is 270 g/mol. The summed E-state index contributed by atoms with van der Waals surface area (Å²) in [6, 6.07) is 7.98. The zero-order valence-corrected chi connectivity index (χ0v) is 12.5. The highest BCUT2D eigenvalue weighted by atomic mass is 16.5. The van der Waals surface area contributed by atoms with Crippen LogP contribution in [0.5, 0.6) is 5.75 Å². The van der Waals surface area contributed by atoms with Gasteiger partial charge in [-0.05, 0) is 28.5 Å². The maximum Gasteiger partial charge on any atom is 0.165 e. The van der Waals surface area contributed by atoms with Gasteiger partial charge in [0.2, 0.25) is 0 Å². The molecular formula is C14H21N5O2. The van der Waals surface area contributed by atoms with E-state index in [1.54, 1.807) is 14.2 Å². The molecule has 114 valence electrons. The van der Waals surface area contributed by atoms with E-state index in [1.165, 1.54) is 0 Å². The van der Waals surface area contributed by atoms with E-state index in [2.05, 4.69) is 26.9 Å². The number of rotatable bonds is 9. The maximum absolute atomic E-state index is 5.35. The highest BCUT2D eigenvalue weighted by molar-refractivity contribution is 5.33. The van der Waals surface area contributed by atoms with Crippen molar-refractivity contribution < 1.29 is 9.47 Å². The van der Waals surface area contributed by atoms with Crippen LogP contribution in [-0.4, -0.2) is 47.6 Å². The average molecular weight is 291 g/mol. The van der Waals surface area contributed by atoms with Crippen molar-refractivity contribution in [1.82, 2.24) is 25.5 Å². The van der Waals surface area contributed by atoms with Crippen LogP contribution < -0.4 is 10.1 Å². The van der Waals surface area contributed by atoms with Crippen molar-refractivity contribution in [2.75, 3.05) is 27.4 Å². The van der Waals surface area contributed by atoms with Crippen molar-refractivity contribution in [3.05, 3.63) is 35.7 Å². The summed E-state index contributed by atoms with van der Waals surface area (Å²) < 4.78 is 12.1. The lowest BCUT2D eigenvalue weighted by atomic mass is 10.1. The molecule has 0 radical (unpaired) electrons. The van der Waals surface area contributed by atoms with Gasteiger partial charge in [-0.3, -0.25) is 0 Å². The fraction of sp³-hybridized carbons (Fsp3) is 0.500. The number of tetrazole rings is 1. The van der Waals surface area contributed by atoms with Gasteiger partial charge < -0.3 is 14.8 Å². The van der Waals surface area contributed by atoms with Gasteiger partial charge in [-0.1, -0.05) is 18.2 Å². The third-order valence-electron chi connectivity index (χ3n) is 3.16. The van der Waals surface area contributed by atoms with Crippen LogP contribution in [-0.2, 0) is 24.2 Å². The molecule has 0 saturated carbocycles. The Bertz CT molecular complexity index is 544. The molecule has 1 heterocycles. The van der Waals surface area contributed by atoms with Gasteiger partial charge in [0, 0.05) is 20.2 Å². The van der Waals surface area contributed by atoms with E-state index in [0.29, 0.717) is 19.7 Å². The smallest absolute Gasteiger partial charge is 0.165 e. The van der Waals surface area contributed by atoms with Gasteiger partial charge in [0.05, 0.1) is 20.3 Å². The predicted octanol–water partition coefficient (Wildman–Crippen LogP) is 0.660. The first-order valence-corrected chi connectivity index (χ1v) is 6.91. The summed E-state index contributed by atoms with van der Waals surface area (Å²) in [6.45, 7) is 2.79. The van der Waals surface area contributed by atoms with Crippen LogP contribution in [0.25, 0.3) is 0 Å². The first-order chi connectivity index (χ1) is 10.3. The van der Waals surface area contributed by atoms with E-state index in [-0.39, 0.29) is 0 Å². The second-order valence-corrected chi connectivity index (χ2v) is 4.55. The van der Waals surface area contributed by atoms with Crippen molar-refractivity contribution in [2.24, 2.45) is 0 Å². The summed E-state index contributed by atoms with van der Waals surface area (Å²) in [5.41, 5.74) is 1.15. The number of aryl methyl sites for hydroxylation is 2. The lowest BCUT2D eigenvalue weighted by Crippen LogP contribution is -2.21. The van der Waals surface area contributed by atoms with E-state index in [4.69, 9.17) is 9.47 Å². The number of ether oxygens (including phenoxy) is 2. The van der Waals surface area contributed by atoms with Crippen LogP contribution in [0, 0.1) is 0 Å². The first kappa shape index (κ1) is 15.4. The molecule has 1 N–H and O–H groups in total. The SMILES string of the molecule is COCCNCc1nnnn1CCc1ccccc1OC. The molecule has 0 aliphatic heterocycles. The summed E-state index contributed by atoms with van der Waals surface area (Å²) in [6.07, 6.45) is 0.820. The average Bonchev–Trinajstić information content (AvgIpc) is 2.97. The third kappa shape index (κ3) is 4.51. The van der Waals surface area contributed by atoms with E-state index >= 15 is 0 Å². The molecule has 7 heteroatoms. The third-order valence-corrected chi connectivity index (χ3v) is 3.16. The summed E-state index contributed by atoms with van der Waals surface area (Å²) in [5.74, 6) is 1.71. The molecule has 7 nitrogen and oxygen atoms in total. The van der Waals surface area contributed by atoms with Crippen LogP contribution >= 0.6 is 0 Å². The number of aromatic nitrogens is 4. The standard InChI is InChI=1S/C14H21N5O2/c1-20-10-8-15-11-14-16-17-18-19(14)9-7-12-5-3-4-6-13(12)21-2/h3-6,15H,7-11H2,1-2H3. The van der Waals surface area contributed by atoms with E-state index in [0.717, 1.165) is 30.1 Å². The normalized spacial score (nSPS) is 10.8. The zero-order chi connectivity index (χ0) is 14.9. The van der Waals surface area contributed by atoms with Gasteiger partial charge in [-0.15, -0.1) is 5.10 Å². The Kier molecular flexibility index (Phi) is 6.11. The number of methoxy groups -OCH3 is 2. The molecule has 0 unspecified atom stereocenters. The van der Waals surface area contributed by atoms with E-state index in [9.17, 15) is 0 Å². The van der Waals surface area contributed by atoms with Crippen LogP contribution in [0.15, 0.2) is 24.3 Å². The van der Waals surface area contributed by atoms with Gasteiger partial charge in [0.25, 0.3) is 0 Å². The molecule has 2 aromatic rings. The summed E-state index contributed by atoms with van der Waals surface area (Å²) >= 11 is 0. The number of benzene rings is 1. The Labute approximate surface area is 124 Å². The van der Waals surface area contributed by atoms with Crippen LogP contribution in [0.1, 0.15) is 11.4 Å². The minimum atomic E-state index is 0.627. The molecule has 0 aliphatic rings. The van der Waals surface area contributed by atoms with Crippen molar-refractivity contribution >= 4 is 0 Å². The molecule has 21 heavy (non-hydrogen) atoms. The lowest BCUT2D eigenvalue weighted by Gasteiger charge is -2.09. The second-order valence-electron chi connectivity index (χ2n) is 4.55. The maximum atomic E-state index is 5.35. The minimum Gasteiger partial charge on any atom is -0.496 e. The van der Waals surface area contributed by atoms with Gasteiger partial charge in [-0.2, -0.15) is 0 Å². The van der Waals surface area contributed by atoms with Gasteiger partial charge in [0.15, 0.2) is 5.82 Å². The highest BCUT2D eigenvalue weighted by Crippen LogP contribution is 2.18. The molecule has 0 aliphatic carbocycles. The second kappa shape index (κ2) is 8.33. The highest BCUT2D eigenvalue weighted by Gasteiger charge is 2.07. The van der Waals surface area contributed by atoms with Crippen molar-refractivity contribution in [3.8, 4) is 5.75 Å². The summed E-state index contributed by atoms with van der Waals surface area (Å²) in [4.78, 5) is 0. The number of para-hydroxylation sites is 1.